The van der Waals surface area contributed by atoms with Crippen molar-refractivity contribution in [1.29, 1.82) is 0 Å². The molecule has 0 unspecified atom stereocenters. The molecular formula is C17H15NO3S2. The molecule has 3 aromatic rings. The number of hydrogen-bond acceptors (Lipinski definition) is 5. The molecule has 118 valence electrons. The zero-order valence-corrected chi connectivity index (χ0v) is 14.3. The third-order valence-corrected chi connectivity index (χ3v) is 5.51. The first kappa shape index (κ1) is 15.7. The first-order valence-corrected chi connectivity index (χ1v) is 8.79. The molecule has 0 aliphatic carbocycles. The molecule has 0 fully saturated rings. The smallest absolute Gasteiger partial charge is 0.348 e. The van der Waals surface area contributed by atoms with Crippen LogP contribution in [-0.4, -0.2) is 18.5 Å². The lowest BCUT2D eigenvalue weighted by Crippen LogP contribution is -2.08. The third-order valence-electron chi connectivity index (χ3n) is 3.26. The van der Waals surface area contributed by atoms with Crippen LogP contribution >= 0.6 is 22.7 Å². The number of benzene rings is 1. The molecule has 0 radical (unpaired) electrons. The van der Waals surface area contributed by atoms with Gasteiger partial charge in [0.25, 0.3) is 5.91 Å². The second-order valence-corrected chi connectivity index (χ2v) is 7.08. The van der Waals surface area contributed by atoms with Gasteiger partial charge in [-0.1, -0.05) is 18.2 Å². The van der Waals surface area contributed by atoms with Gasteiger partial charge < -0.3 is 10.1 Å². The van der Waals surface area contributed by atoms with E-state index in [1.807, 2.05) is 37.3 Å². The van der Waals surface area contributed by atoms with Crippen molar-refractivity contribution in [2.75, 3.05) is 11.9 Å². The molecule has 1 amide bonds. The van der Waals surface area contributed by atoms with E-state index in [0.717, 1.165) is 15.6 Å². The Morgan fingerprint density at radius 3 is 2.70 bits per heavy atom. The largest absolute Gasteiger partial charge is 0.462 e. The quantitative estimate of drug-likeness (QED) is 0.697. The monoisotopic (exact) mass is 345 g/mol. The molecule has 1 aromatic carbocycles. The van der Waals surface area contributed by atoms with Gasteiger partial charge in [0.2, 0.25) is 0 Å². The van der Waals surface area contributed by atoms with E-state index >= 15 is 0 Å². The summed E-state index contributed by atoms with van der Waals surface area (Å²) in [5.74, 6) is -0.514. The first-order chi connectivity index (χ1) is 11.1. The van der Waals surface area contributed by atoms with Gasteiger partial charge >= 0.3 is 5.97 Å². The molecule has 6 heteroatoms. The summed E-state index contributed by atoms with van der Waals surface area (Å²) in [5.41, 5.74) is 0.806. The highest BCUT2D eigenvalue weighted by Crippen LogP contribution is 2.30. The van der Waals surface area contributed by atoms with Crippen molar-refractivity contribution >= 4 is 49.6 Å². The van der Waals surface area contributed by atoms with Crippen LogP contribution in [0.5, 0.6) is 0 Å². The van der Waals surface area contributed by atoms with Gasteiger partial charge in [0.15, 0.2) is 0 Å². The van der Waals surface area contributed by atoms with E-state index in [1.54, 1.807) is 13.0 Å². The lowest BCUT2D eigenvalue weighted by atomic mass is 10.2. The van der Waals surface area contributed by atoms with E-state index < -0.39 is 0 Å². The van der Waals surface area contributed by atoms with E-state index in [4.69, 9.17) is 4.74 Å². The second-order valence-electron chi connectivity index (χ2n) is 4.95. The minimum atomic E-state index is -0.350. The Morgan fingerprint density at radius 1 is 1.17 bits per heavy atom. The highest BCUT2D eigenvalue weighted by molar-refractivity contribution is 7.21. The van der Waals surface area contributed by atoms with Gasteiger partial charge in [-0.15, -0.1) is 22.7 Å². The highest BCUT2D eigenvalue weighted by Gasteiger charge is 2.17. The first-order valence-electron chi connectivity index (χ1n) is 7.16. The van der Waals surface area contributed by atoms with Gasteiger partial charge in [-0.3, -0.25) is 4.79 Å². The summed E-state index contributed by atoms with van der Waals surface area (Å²) in [7, 11) is 0. The van der Waals surface area contributed by atoms with Gasteiger partial charge in [0.05, 0.1) is 16.5 Å². The average molecular weight is 345 g/mol. The minimum Gasteiger partial charge on any atom is -0.462 e. The second kappa shape index (κ2) is 6.52. The number of esters is 1. The predicted octanol–water partition coefficient (Wildman–Crippen LogP) is 4.70. The number of fused-ring (bicyclic) bond motifs is 1. The minimum absolute atomic E-state index is 0.164. The molecule has 0 aliphatic rings. The van der Waals surface area contributed by atoms with E-state index in [1.165, 1.54) is 22.7 Å². The molecule has 0 aliphatic heterocycles. The van der Waals surface area contributed by atoms with Crippen molar-refractivity contribution in [2.45, 2.75) is 13.8 Å². The van der Waals surface area contributed by atoms with E-state index in [2.05, 4.69) is 5.32 Å². The van der Waals surface area contributed by atoms with Crippen molar-refractivity contribution in [3.05, 3.63) is 51.7 Å². The number of rotatable bonds is 4. The Kier molecular flexibility index (Phi) is 4.45. The summed E-state index contributed by atoms with van der Waals surface area (Å²) >= 11 is 2.69. The number of carbonyl (C=O) groups is 2. The molecule has 1 N–H and O–H groups in total. The van der Waals surface area contributed by atoms with Gasteiger partial charge in [-0.25, -0.2) is 4.79 Å². The molecule has 0 bridgehead atoms. The van der Waals surface area contributed by atoms with E-state index in [0.29, 0.717) is 21.4 Å². The van der Waals surface area contributed by atoms with Gasteiger partial charge in [-0.05, 0) is 43.0 Å². The van der Waals surface area contributed by atoms with Crippen molar-refractivity contribution in [3.8, 4) is 0 Å². The van der Waals surface area contributed by atoms with E-state index in [-0.39, 0.29) is 11.9 Å². The normalized spacial score (nSPS) is 10.7. The SMILES string of the molecule is CCOC(=O)c1sc(NC(=O)c2cc3ccccc3s2)cc1C. The number of thiophene rings is 2. The molecule has 0 saturated heterocycles. The van der Waals surface area contributed by atoms with Crippen LogP contribution in [0.1, 0.15) is 31.8 Å². The number of carbonyl (C=O) groups excluding carboxylic acids is 2. The van der Waals surface area contributed by atoms with Crippen molar-refractivity contribution in [3.63, 3.8) is 0 Å². The molecule has 0 atom stereocenters. The third kappa shape index (κ3) is 3.28. The number of aryl methyl sites for hydroxylation is 1. The maximum absolute atomic E-state index is 12.4. The van der Waals surface area contributed by atoms with Crippen molar-refractivity contribution in [1.82, 2.24) is 0 Å². The Hall–Kier alpha value is -2.18. The van der Waals surface area contributed by atoms with Gasteiger partial charge in [0, 0.05) is 4.70 Å². The summed E-state index contributed by atoms with van der Waals surface area (Å²) < 4.78 is 6.09. The lowest BCUT2D eigenvalue weighted by molar-refractivity contribution is 0.0531. The van der Waals surface area contributed by atoms with Crippen LogP contribution in [0.4, 0.5) is 5.00 Å². The topological polar surface area (TPSA) is 55.4 Å². The summed E-state index contributed by atoms with van der Waals surface area (Å²) in [6.45, 7) is 3.93. The molecule has 2 aromatic heterocycles. The summed E-state index contributed by atoms with van der Waals surface area (Å²) in [6.07, 6.45) is 0. The maximum atomic E-state index is 12.4. The van der Waals surface area contributed by atoms with Crippen LogP contribution in [0.15, 0.2) is 36.4 Å². The summed E-state index contributed by atoms with van der Waals surface area (Å²) in [4.78, 5) is 25.4. The van der Waals surface area contributed by atoms with Crippen LogP contribution in [0.3, 0.4) is 0 Å². The molecular weight excluding hydrogens is 330 g/mol. The predicted molar refractivity (Wildman–Crippen MR) is 94.8 cm³/mol. The summed E-state index contributed by atoms with van der Waals surface area (Å²) in [6, 6.07) is 11.5. The molecule has 0 spiro atoms. The fourth-order valence-electron chi connectivity index (χ4n) is 2.21. The molecule has 0 saturated carbocycles. The Bertz CT molecular complexity index is 846. The zero-order valence-electron chi connectivity index (χ0n) is 12.7. The molecule has 4 nitrogen and oxygen atoms in total. The van der Waals surface area contributed by atoms with Crippen LogP contribution in [-0.2, 0) is 4.74 Å². The fraction of sp³-hybridized carbons (Fsp3) is 0.176. The number of amides is 1. The Morgan fingerprint density at radius 2 is 1.96 bits per heavy atom. The zero-order chi connectivity index (χ0) is 16.4. The Balaban J connectivity index is 1.80. The van der Waals surface area contributed by atoms with Crippen LogP contribution in [0.25, 0.3) is 10.1 Å². The number of nitrogens with one attached hydrogen (secondary N) is 1. The Labute approximate surface area is 141 Å². The van der Waals surface area contributed by atoms with Gasteiger partial charge in [0.1, 0.15) is 4.88 Å². The lowest BCUT2D eigenvalue weighted by Gasteiger charge is -1.99. The molecule has 3 rings (SSSR count). The van der Waals surface area contributed by atoms with Crippen LogP contribution in [0, 0.1) is 6.92 Å². The van der Waals surface area contributed by atoms with Crippen LogP contribution in [0.2, 0.25) is 0 Å². The molecule has 23 heavy (non-hydrogen) atoms. The fourth-order valence-corrected chi connectivity index (χ4v) is 4.13. The average Bonchev–Trinajstić information content (AvgIpc) is 3.11. The maximum Gasteiger partial charge on any atom is 0.348 e. The van der Waals surface area contributed by atoms with Crippen LogP contribution < -0.4 is 5.32 Å². The van der Waals surface area contributed by atoms with Crippen molar-refractivity contribution in [2.24, 2.45) is 0 Å². The number of anilines is 1. The number of hydrogen-bond donors (Lipinski definition) is 1. The summed E-state index contributed by atoms with van der Waals surface area (Å²) in [5, 5.41) is 4.56. The molecule has 2 heterocycles. The number of ether oxygens (including phenoxy) is 1. The van der Waals surface area contributed by atoms with E-state index in [9.17, 15) is 9.59 Å². The van der Waals surface area contributed by atoms with Gasteiger partial charge in [-0.2, -0.15) is 0 Å². The standard InChI is InChI=1S/C17H15NO3S2/c1-3-21-17(20)15-10(2)8-14(23-15)18-16(19)13-9-11-6-4-5-7-12(11)22-13/h4-9H,3H2,1-2H3,(H,18,19). The highest BCUT2D eigenvalue weighted by atomic mass is 32.1. The van der Waals surface area contributed by atoms with Crippen molar-refractivity contribution < 1.29 is 14.3 Å².